The number of aromatic nitrogens is 2. The molecule has 1 unspecified atom stereocenters. The van der Waals surface area contributed by atoms with Gasteiger partial charge in [-0.3, -0.25) is 9.59 Å². The summed E-state index contributed by atoms with van der Waals surface area (Å²) in [7, 11) is -2.01. The fraction of sp³-hybridized carbons (Fsp3) is 0.348. The van der Waals surface area contributed by atoms with Crippen molar-refractivity contribution in [2.45, 2.75) is 43.5 Å². The van der Waals surface area contributed by atoms with Crippen LogP contribution in [0.1, 0.15) is 31.9 Å². The van der Waals surface area contributed by atoms with E-state index in [0.29, 0.717) is 28.7 Å². The summed E-state index contributed by atoms with van der Waals surface area (Å²) >= 11 is 0. The lowest BCUT2D eigenvalue weighted by atomic mass is 10.1. The molecule has 9 heteroatoms. The van der Waals surface area contributed by atoms with E-state index in [-0.39, 0.29) is 28.8 Å². The minimum Gasteiger partial charge on any atom is -0.326 e. The van der Waals surface area contributed by atoms with E-state index < -0.39 is 10.0 Å². The van der Waals surface area contributed by atoms with Crippen molar-refractivity contribution in [2.24, 2.45) is 7.05 Å². The van der Waals surface area contributed by atoms with Gasteiger partial charge in [-0.05, 0) is 50.1 Å². The van der Waals surface area contributed by atoms with Gasteiger partial charge in [0.2, 0.25) is 15.9 Å². The maximum absolute atomic E-state index is 13.0. The van der Waals surface area contributed by atoms with E-state index in [2.05, 4.69) is 10.4 Å². The Kier molecular flexibility index (Phi) is 6.12. The van der Waals surface area contributed by atoms with Crippen molar-refractivity contribution in [3.05, 3.63) is 64.6 Å². The number of aryl methyl sites for hydroxylation is 1. The summed E-state index contributed by atoms with van der Waals surface area (Å²) in [6.07, 6.45) is 2.75. The lowest BCUT2D eigenvalue weighted by Gasteiger charge is -2.32. The molecule has 0 bridgehead atoms. The van der Waals surface area contributed by atoms with Gasteiger partial charge in [-0.15, -0.1) is 0 Å². The molecule has 32 heavy (non-hydrogen) atoms. The largest absolute Gasteiger partial charge is 0.326 e. The fourth-order valence-corrected chi connectivity index (χ4v) is 5.84. The highest BCUT2D eigenvalue weighted by Crippen LogP contribution is 2.26. The number of hydrogen-bond acceptors (Lipinski definition) is 5. The van der Waals surface area contributed by atoms with Gasteiger partial charge in [0.1, 0.15) is 0 Å². The molecule has 2 heterocycles. The van der Waals surface area contributed by atoms with E-state index in [0.717, 1.165) is 19.3 Å². The van der Waals surface area contributed by atoms with Crippen LogP contribution < -0.4 is 10.9 Å². The molecule has 0 saturated carbocycles. The highest BCUT2D eigenvalue weighted by atomic mass is 32.2. The predicted octanol–water partition coefficient (Wildman–Crippen LogP) is 2.68. The zero-order chi connectivity index (χ0) is 22.9. The zero-order valence-corrected chi connectivity index (χ0v) is 18.9. The molecule has 1 amide bonds. The Labute approximate surface area is 186 Å². The van der Waals surface area contributed by atoms with Crippen LogP contribution in [0.5, 0.6) is 0 Å². The Morgan fingerprint density at radius 1 is 1.09 bits per heavy atom. The normalized spacial score (nSPS) is 17.4. The highest BCUT2D eigenvalue weighted by Gasteiger charge is 2.30. The molecule has 2 aromatic carbocycles. The van der Waals surface area contributed by atoms with Gasteiger partial charge in [-0.2, -0.15) is 9.40 Å². The molecule has 3 aromatic rings. The van der Waals surface area contributed by atoms with E-state index in [4.69, 9.17) is 0 Å². The van der Waals surface area contributed by atoms with Crippen LogP contribution in [-0.4, -0.2) is 41.0 Å². The second-order valence-corrected chi connectivity index (χ2v) is 10.0. The molecule has 8 nitrogen and oxygen atoms in total. The van der Waals surface area contributed by atoms with Gasteiger partial charge in [-0.1, -0.05) is 24.6 Å². The summed E-state index contributed by atoms with van der Waals surface area (Å²) in [6, 6.07) is 13.3. The molecule has 1 fully saturated rings. The molecule has 0 spiro atoms. The van der Waals surface area contributed by atoms with Crippen LogP contribution >= 0.6 is 0 Å². The van der Waals surface area contributed by atoms with Gasteiger partial charge in [0.15, 0.2) is 0 Å². The molecule has 1 saturated heterocycles. The molecule has 0 radical (unpaired) electrons. The Hall–Kier alpha value is -3.04. The molecule has 0 aliphatic carbocycles. The van der Waals surface area contributed by atoms with E-state index in [9.17, 15) is 18.0 Å². The number of fused-ring (bicyclic) bond motifs is 1. The number of carbonyl (C=O) groups excluding carboxylic acids is 1. The molecule has 1 N–H and O–H groups in total. The van der Waals surface area contributed by atoms with Crippen molar-refractivity contribution in [3.8, 4) is 0 Å². The summed E-state index contributed by atoms with van der Waals surface area (Å²) < 4.78 is 28.7. The smallest absolute Gasteiger partial charge is 0.274 e. The Morgan fingerprint density at radius 2 is 1.78 bits per heavy atom. The van der Waals surface area contributed by atoms with Crippen LogP contribution in [0.3, 0.4) is 0 Å². The molecule has 4 rings (SSSR count). The topological polar surface area (TPSA) is 101 Å². The van der Waals surface area contributed by atoms with Crippen molar-refractivity contribution in [2.75, 3.05) is 11.9 Å². The monoisotopic (exact) mass is 454 g/mol. The molecule has 1 aliphatic rings. The maximum atomic E-state index is 13.0. The molecular weight excluding hydrogens is 428 g/mol. The van der Waals surface area contributed by atoms with Crippen molar-refractivity contribution >= 4 is 32.4 Å². The van der Waals surface area contributed by atoms with Crippen LogP contribution in [0, 0.1) is 0 Å². The predicted molar refractivity (Wildman–Crippen MR) is 123 cm³/mol. The Bertz CT molecular complexity index is 1320. The first-order valence-electron chi connectivity index (χ1n) is 10.6. The zero-order valence-electron chi connectivity index (χ0n) is 18.1. The summed E-state index contributed by atoms with van der Waals surface area (Å²) in [5, 5.41) is 8.18. The van der Waals surface area contributed by atoms with Gasteiger partial charge >= 0.3 is 0 Å². The van der Waals surface area contributed by atoms with Gasteiger partial charge in [0.25, 0.3) is 5.56 Å². The number of anilines is 1. The van der Waals surface area contributed by atoms with Crippen LogP contribution in [0.2, 0.25) is 0 Å². The molecule has 1 aromatic heterocycles. The van der Waals surface area contributed by atoms with Crippen LogP contribution in [0.4, 0.5) is 5.69 Å². The Balaban J connectivity index is 1.50. The quantitative estimate of drug-likeness (QED) is 0.639. The first kappa shape index (κ1) is 22.2. The first-order valence-corrected chi connectivity index (χ1v) is 12.1. The second kappa shape index (κ2) is 8.84. The summed E-state index contributed by atoms with van der Waals surface area (Å²) in [5.74, 6) is -0.304. The third kappa shape index (κ3) is 4.31. The van der Waals surface area contributed by atoms with Gasteiger partial charge in [0, 0.05) is 30.7 Å². The van der Waals surface area contributed by atoms with Crippen LogP contribution in [-0.2, 0) is 28.3 Å². The number of hydrogen-bond donors (Lipinski definition) is 1. The number of benzene rings is 2. The molecular formula is C23H26N4O4S. The number of sulfonamides is 1. The minimum atomic E-state index is -3.56. The minimum absolute atomic E-state index is 0.0139. The van der Waals surface area contributed by atoms with Gasteiger partial charge < -0.3 is 5.32 Å². The molecule has 168 valence electrons. The summed E-state index contributed by atoms with van der Waals surface area (Å²) in [6.45, 7) is 2.46. The van der Waals surface area contributed by atoms with Gasteiger partial charge in [-0.25, -0.2) is 13.1 Å². The third-order valence-electron chi connectivity index (χ3n) is 5.85. The van der Waals surface area contributed by atoms with Crippen molar-refractivity contribution < 1.29 is 13.2 Å². The second-order valence-electron chi connectivity index (χ2n) is 8.13. The number of rotatable bonds is 5. The van der Waals surface area contributed by atoms with Gasteiger partial charge in [0.05, 0.1) is 22.4 Å². The van der Waals surface area contributed by atoms with E-state index in [1.54, 1.807) is 47.8 Å². The number of nitrogens with one attached hydrogen (secondary N) is 1. The summed E-state index contributed by atoms with van der Waals surface area (Å²) in [4.78, 5) is 25.1. The first-order chi connectivity index (χ1) is 15.3. The highest BCUT2D eigenvalue weighted by molar-refractivity contribution is 7.89. The number of piperidine rings is 1. The Morgan fingerprint density at radius 3 is 2.47 bits per heavy atom. The van der Waals surface area contributed by atoms with Crippen molar-refractivity contribution in [1.29, 1.82) is 0 Å². The fourth-order valence-electron chi connectivity index (χ4n) is 4.14. The molecule has 1 atom stereocenters. The lowest BCUT2D eigenvalue weighted by Crippen LogP contribution is -2.41. The van der Waals surface area contributed by atoms with E-state index in [1.807, 2.05) is 6.92 Å². The number of nitrogens with zero attached hydrogens (tertiary/aromatic N) is 3. The average molecular weight is 455 g/mol. The number of carbonyl (C=O) groups is 1. The third-order valence-corrected chi connectivity index (χ3v) is 7.88. The number of amides is 1. The maximum Gasteiger partial charge on any atom is 0.274 e. The SMILES string of the molecule is CC1CCCCN1S(=O)(=O)c1ccc(NC(=O)Cc2nn(C)c(=O)c3ccccc23)cc1. The van der Waals surface area contributed by atoms with Crippen LogP contribution in [0.25, 0.3) is 10.8 Å². The molecule has 1 aliphatic heterocycles. The lowest BCUT2D eigenvalue weighted by molar-refractivity contribution is -0.115. The van der Waals surface area contributed by atoms with Crippen LogP contribution in [0.15, 0.2) is 58.2 Å². The van der Waals surface area contributed by atoms with Crippen molar-refractivity contribution in [1.82, 2.24) is 14.1 Å². The van der Waals surface area contributed by atoms with Crippen molar-refractivity contribution in [3.63, 3.8) is 0 Å². The summed E-state index contributed by atoms with van der Waals surface area (Å²) in [5.41, 5.74) is 0.776. The standard InChI is InChI=1S/C23H26N4O4S/c1-16-7-5-6-14-27(16)32(30,31)18-12-10-17(11-13-18)24-22(28)15-21-19-8-3-4-9-20(19)23(29)26(2)25-21/h3-4,8-13,16H,5-7,14-15H2,1-2H3,(H,24,28). The average Bonchev–Trinajstić information content (AvgIpc) is 2.78. The van der Waals surface area contributed by atoms with E-state index in [1.165, 1.54) is 16.8 Å². The van der Waals surface area contributed by atoms with E-state index >= 15 is 0 Å².